The van der Waals surface area contributed by atoms with Gasteiger partial charge in [-0.2, -0.15) is 0 Å². The molecule has 2 saturated heterocycles. The van der Waals surface area contributed by atoms with Crippen molar-refractivity contribution < 1.29 is 23.9 Å². The van der Waals surface area contributed by atoms with Gasteiger partial charge in [-0.3, -0.25) is 14.4 Å². The van der Waals surface area contributed by atoms with Crippen LogP contribution < -0.4 is 15.4 Å². The number of carbonyl (C=O) groups excluding carboxylic acids is 3. The molecule has 2 N–H and O–H groups in total. The number of nitrogens with one attached hydrogen (secondary N) is 2. The molecule has 8 nitrogen and oxygen atoms in total. The molecule has 1 spiro atoms. The van der Waals surface area contributed by atoms with Gasteiger partial charge >= 0.3 is 0 Å². The zero-order chi connectivity index (χ0) is 27.9. The molecular weight excluding hydrogens is 506 g/mol. The third kappa shape index (κ3) is 4.72. The summed E-state index contributed by atoms with van der Waals surface area (Å²) in [5.41, 5.74) is -0.518. The van der Waals surface area contributed by atoms with Crippen LogP contribution in [0.3, 0.4) is 0 Å². The van der Waals surface area contributed by atoms with Crippen LogP contribution >= 0.6 is 0 Å². The number of carbonyl (C=O) groups is 3. The van der Waals surface area contributed by atoms with E-state index in [1.165, 1.54) is 12.8 Å². The van der Waals surface area contributed by atoms with Crippen molar-refractivity contribution in [3.05, 3.63) is 36.4 Å². The van der Waals surface area contributed by atoms with Gasteiger partial charge < -0.3 is 25.0 Å². The van der Waals surface area contributed by atoms with Crippen LogP contribution in [0.15, 0.2) is 36.4 Å². The number of nitrogens with zero attached hydrogens (tertiary/aromatic N) is 1. The highest BCUT2D eigenvalue weighted by molar-refractivity contribution is 6.03. The molecule has 3 heterocycles. The van der Waals surface area contributed by atoms with E-state index in [-0.39, 0.29) is 29.8 Å². The molecule has 216 valence electrons. The van der Waals surface area contributed by atoms with Gasteiger partial charge in [0.1, 0.15) is 17.4 Å². The molecular formula is C32H43N3O5. The molecule has 4 fully saturated rings. The van der Waals surface area contributed by atoms with E-state index in [1.807, 2.05) is 29.2 Å². The van der Waals surface area contributed by atoms with Gasteiger partial charge in [-0.25, -0.2) is 0 Å². The molecule has 1 aromatic rings. The van der Waals surface area contributed by atoms with Crippen LogP contribution in [-0.4, -0.2) is 59.6 Å². The van der Waals surface area contributed by atoms with Crippen LogP contribution in [0.2, 0.25) is 0 Å². The minimum absolute atomic E-state index is 0.0227. The van der Waals surface area contributed by atoms with Gasteiger partial charge in [-0.15, -0.1) is 0 Å². The highest BCUT2D eigenvalue weighted by atomic mass is 16.5. The molecule has 0 radical (unpaired) electrons. The number of likely N-dealkylation sites (tertiary alicyclic amines) is 1. The number of fused-ring (bicyclic) bond motifs is 1. The number of methoxy groups -OCH3 is 1. The Hall–Kier alpha value is -2.87. The first-order valence-corrected chi connectivity index (χ1v) is 15.4. The first kappa shape index (κ1) is 27.3. The second-order valence-corrected chi connectivity index (χ2v) is 12.5. The van der Waals surface area contributed by atoms with Crippen molar-refractivity contribution in [1.29, 1.82) is 0 Å². The summed E-state index contributed by atoms with van der Waals surface area (Å²) in [6.07, 6.45) is 15.0. The number of amides is 3. The van der Waals surface area contributed by atoms with Crippen molar-refractivity contribution in [1.82, 2.24) is 10.2 Å². The van der Waals surface area contributed by atoms with E-state index in [9.17, 15) is 14.4 Å². The highest BCUT2D eigenvalue weighted by Crippen LogP contribution is 2.56. The van der Waals surface area contributed by atoms with Gasteiger partial charge in [0.25, 0.3) is 0 Å². The molecule has 3 amide bonds. The van der Waals surface area contributed by atoms with Gasteiger partial charge in [0.15, 0.2) is 0 Å². The molecule has 1 aromatic carbocycles. The Morgan fingerprint density at radius 2 is 1.73 bits per heavy atom. The van der Waals surface area contributed by atoms with E-state index >= 15 is 0 Å². The quantitative estimate of drug-likeness (QED) is 0.506. The Bertz CT molecular complexity index is 1160. The SMILES string of the molecule is COc1cccc(NC(=O)[C@H]2[C@H]3C=C[C@@]4(O3)[C@H]2C(=O)N(C2CCCCCCC2)[C@@H]4C(=O)N[C@H]2CCCC[C@H]2C)c1. The predicted octanol–water partition coefficient (Wildman–Crippen LogP) is 4.59. The molecule has 3 aliphatic heterocycles. The number of hydrogen-bond acceptors (Lipinski definition) is 5. The maximum Gasteiger partial charge on any atom is 0.246 e. The first-order valence-electron chi connectivity index (χ1n) is 15.4. The molecule has 2 saturated carbocycles. The normalized spacial score (nSPS) is 35.6. The smallest absolute Gasteiger partial charge is 0.246 e. The Morgan fingerprint density at radius 1 is 1.00 bits per heavy atom. The summed E-state index contributed by atoms with van der Waals surface area (Å²) in [6.45, 7) is 2.20. The van der Waals surface area contributed by atoms with Crippen LogP contribution in [0.4, 0.5) is 5.69 Å². The number of anilines is 1. The number of hydrogen-bond donors (Lipinski definition) is 2. The van der Waals surface area contributed by atoms with Crippen LogP contribution in [0.1, 0.15) is 77.6 Å². The van der Waals surface area contributed by atoms with E-state index < -0.39 is 29.6 Å². The maximum atomic E-state index is 14.4. The fourth-order valence-corrected chi connectivity index (χ4v) is 8.03. The van der Waals surface area contributed by atoms with Gasteiger partial charge in [-0.05, 0) is 43.7 Å². The van der Waals surface area contributed by atoms with Crippen molar-refractivity contribution in [3.63, 3.8) is 0 Å². The zero-order valence-corrected chi connectivity index (χ0v) is 23.8. The standard InChI is InChI=1S/C32H43N3O5/c1-20-11-8-9-16-24(20)34-30(37)28-32-18-17-25(40-32)26(29(36)33-21-12-10-15-23(19-21)39-2)27(32)31(38)35(28)22-13-6-4-3-5-7-14-22/h10,12,15,17-20,22,24-28H,3-9,11,13-14,16H2,1-2H3,(H,33,36)(H,34,37)/t20-,24+,25-,26+,27-,28-,32-/m1/s1. The molecule has 40 heavy (non-hydrogen) atoms. The van der Waals surface area contributed by atoms with E-state index in [1.54, 1.807) is 19.2 Å². The topological polar surface area (TPSA) is 97.0 Å². The van der Waals surface area contributed by atoms with Crippen LogP contribution in [0.25, 0.3) is 0 Å². The fraction of sp³-hybridized carbons (Fsp3) is 0.656. The van der Waals surface area contributed by atoms with Crippen LogP contribution in [0.5, 0.6) is 5.75 Å². The lowest BCUT2D eigenvalue weighted by Crippen LogP contribution is -2.59. The third-order valence-electron chi connectivity index (χ3n) is 10.1. The minimum atomic E-state index is -1.12. The van der Waals surface area contributed by atoms with Crippen molar-refractivity contribution in [2.75, 3.05) is 12.4 Å². The van der Waals surface area contributed by atoms with Crippen molar-refractivity contribution >= 4 is 23.4 Å². The summed E-state index contributed by atoms with van der Waals surface area (Å²) in [5.74, 6) is -0.891. The Balaban J connectivity index is 1.32. The van der Waals surface area contributed by atoms with Crippen molar-refractivity contribution in [3.8, 4) is 5.75 Å². The van der Waals surface area contributed by atoms with E-state index in [0.717, 1.165) is 57.8 Å². The van der Waals surface area contributed by atoms with Crippen LogP contribution in [-0.2, 0) is 19.1 Å². The van der Waals surface area contributed by atoms with Gasteiger partial charge in [0.2, 0.25) is 17.7 Å². The number of benzene rings is 1. The van der Waals surface area contributed by atoms with Gasteiger partial charge in [-0.1, -0.05) is 70.1 Å². The Kier molecular flexibility index (Phi) is 7.64. The first-order chi connectivity index (χ1) is 19.4. The van der Waals surface area contributed by atoms with Gasteiger partial charge in [0.05, 0.1) is 25.0 Å². The molecule has 0 aromatic heterocycles. The maximum absolute atomic E-state index is 14.4. The molecule has 2 bridgehead atoms. The lowest BCUT2D eigenvalue weighted by molar-refractivity contribution is -0.144. The molecule has 6 rings (SSSR count). The zero-order valence-electron chi connectivity index (χ0n) is 23.8. The predicted molar refractivity (Wildman–Crippen MR) is 152 cm³/mol. The lowest BCUT2D eigenvalue weighted by atomic mass is 9.74. The molecule has 0 unspecified atom stereocenters. The fourth-order valence-electron chi connectivity index (χ4n) is 8.03. The largest absolute Gasteiger partial charge is 0.497 e. The monoisotopic (exact) mass is 549 g/mol. The van der Waals surface area contributed by atoms with E-state index in [2.05, 4.69) is 17.6 Å². The Morgan fingerprint density at radius 3 is 2.48 bits per heavy atom. The summed E-state index contributed by atoms with van der Waals surface area (Å²) < 4.78 is 11.9. The Labute approximate surface area is 237 Å². The number of ether oxygens (including phenoxy) is 2. The second kappa shape index (κ2) is 11.2. The summed E-state index contributed by atoms with van der Waals surface area (Å²) >= 11 is 0. The van der Waals surface area contributed by atoms with Crippen molar-refractivity contribution in [2.45, 2.75) is 107 Å². The summed E-state index contributed by atoms with van der Waals surface area (Å²) in [7, 11) is 1.58. The second-order valence-electron chi connectivity index (χ2n) is 12.5. The van der Waals surface area contributed by atoms with Crippen LogP contribution in [0, 0.1) is 17.8 Å². The van der Waals surface area contributed by atoms with E-state index in [0.29, 0.717) is 17.4 Å². The third-order valence-corrected chi connectivity index (χ3v) is 10.1. The average molecular weight is 550 g/mol. The summed E-state index contributed by atoms with van der Waals surface area (Å²) in [4.78, 5) is 44.3. The number of rotatable bonds is 6. The average Bonchev–Trinajstić information content (AvgIpc) is 3.57. The molecule has 5 aliphatic rings. The summed E-state index contributed by atoms with van der Waals surface area (Å²) in [6, 6.07) is 6.51. The minimum Gasteiger partial charge on any atom is -0.497 e. The molecule has 2 aliphatic carbocycles. The molecule has 8 heteroatoms. The van der Waals surface area contributed by atoms with Gasteiger partial charge in [0, 0.05) is 23.8 Å². The lowest BCUT2D eigenvalue weighted by Gasteiger charge is -2.39. The molecule has 7 atom stereocenters. The van der Waals surface area contributed by atoms with E-state index in [4.69, 9.17) is 9.47 Å². The summed E-state index contributed by atoms with van der Waals surface area (Å²) in [5, 5.41) is 6.35. The highest BCUT2D eigenvalue weighted by Gasteiger charge is 2.73. The van der Waals surface area contributed by atoms with Crippen molar-refractivity contribution in [2.24, 2.45) is 17.8 Å².